The van der Waals surface area contributed by atoms with Crippen LogP contribution in [-0.2, 0) is 25.3 Å². The van der Waals surface area contributed by atoms with Gasteiger partial charge in [0.05, 0.1) is 17.2 Å². The van der Waals surface area contributed by atoms with Crippen LogP contribution in [0.2, 0.25) is 0 Å². The molecule has 1 aromatic carbocycles. The number of benzene rings is 1. The van der Waals surface area contributed by atoms with Crippen molar-refractivity contribution >= 4 is 23.5 Å². The van der Waals surface area contributed by atoms with Gasteiger partial charge in [0, 0.05) is 19.0 Å². The Bertz CT molecular complexity index is 703. The van der Waals surface area contributed by atoms with Gasteiger partial charge in [0.2, 0.25) is 5.91 Å². The highest BCUT2D eigenvalue weighted by molar-refractivity contribution is 5.94. The summed E-state index contributed by atoms with van der Waals surface area (Å²) in [6, 6.07) is 4.45. The molecule has 0 radical (unpaired) electrons. The number of carbonyl (C=O) groups is 3. The van der Waals surface area contributed by atoms with Gasteiger partial charge in [-0.2, -0.15) is 13.2 Å². The van der Waals surface area contributed by atoms with Crippen LogP contribution in [0.4, 0.5) is 18.9 Å². The van der Waals surface area contributed by atoms with Gasteiger partial charge >= 0.3 is 12.1 Å². The summed E-state index contributed by atoms with van der Waals surface area (Å²) in [4.78, 5) is 37.1. The number of carbonyl (C=O) groups excluding carboxylic acids is 3. The Morgan fingerprint density at radius 1 is 1.31 bits per heavy atom. The number of para-hydroxylation sites is 1. The minimum absolute atomic E-state index is 0.00443. The molecule has 1 atom stereocenters. The third-order valence-electron chi connectivity index (χ3n) is 3.97. The summed E-state index contributed by atoms with van der Waals surface area (Å²) < 4.78 is 43.5. The van der Waals surface area contributed by atoms with E-state index in [1.165, 1.54) is 17.0 Å². The second kappa shape index (κ2) is 7.76. The van der Waals surface area contributed by atoms with Crippen molar-refractivity contribution in [3.8, 4) is 0 Å². The number of esters is 1. The summed E-state index contributed by atoms with van der Waals surface area (Å²) in [7, 11) is 0. The fourth-order valence-corrected chi connectivity index (χ4v) is 2.67. The molecule has 1 fully saturated rings. The van der Waals surface area contributed by atoms with Gasteiger partial charge in [-0.15, -0.1) is 0 Å². The molecule has 1 unspecified atom stereocenters. The summed E-state index contributed by atoms with van der Waals surface area (Å²) in [6.07, 6.45) is -4.62. The van der Waals surface area contributed by atoms with Crippen LogP contribution in [0, 0.1) is 5.92 Å². The monoisotopic (exact) mass is 372 g/mol. The predicted octanol–water partition coefficient (Wildman–Crippen LogP) is 2.44. The molecular weight excluding hydrogens is 353 g/mol. The molecule has 26 heavy (non-hydrogen) atoms. The second-order valence-corrected chi connectivity index (χ2v) is 6.24. The lowest BCUT2D eigenvalue weighted by Gasteiger charge is -2.20. The van der Waals surface area contributed by atoms with Gasteiger partial charge in [-0.3, -0.25) is 14.4 Å². The van der Waals surface area contributed by atoms with Gasteiger partial charge in [-0.25, -0.2) is 0 Å². The van der Waals surface area contributed by atoms with E-state index in [0.717, 1.165) is 12.1 Å². The zero-order valence-corrected chi connectivity index (χ0v) is 14.3. The van der Waals surface area contributed by atoms with Crippen LogP contribution in [0.15, 0.2) is 24.3 Å². The number of amides is 2. The van der Waals surface area contributed by atoms with Crippen LogP contribution >= 0.6 is 0 Å². The van der Waals surface area contributed by atoms with Crippen molar-refractivity contribution in [2.45, 2.75) is 32.5 Å². The van der Waals surface area contributed by atoms with E-state index in [2.05, 4.69) is 5.32 Å². The Morgan fingerprint density at radius 2 is 1.96 bits per heavy atom. The first-order chi connectivity index (χ1) is 12.1. The van der Waals surface area contributed by atoms with Gasteiger partial charge in [-0.1, -0.05) is 12.1 Å². The fraction of sp³-hybridized carbons (Fsp3) is 0.471. The Morgan fingerprint density at radius 3 is 2.54 bits per heavy atom. The maximum absolute atomic E-state index is 12.9. The number of halogens is 3. The molecule has 1 aromatic rings. The first-order valence-electron chi connectivity index (χ1n) is 8.01. The largest absolute Gasteiger partial charge is 0.455 e. The van der Waals surface area contributed by atoms with Crippen LogP contribution in [0.25, 0.3) is 0 Å². The topological polar surface area (TPSA) is 75.7 Å². The molecule has 1 aliphatic heterocycles. The van der Waals surface area contributed by atoms with Gasteiger partial charge in [-0.05, 0) is 26.0 Å². The van der Waals surface area contributed by atoms with E-state index in [-0.39, 0.29) is 24.9 Å². The van der Waals surface area contributed by atoms with Crippen molar-refractivity contribution in [2.24, 2.45) is 5.92 Å². The molecule has 0 spiro atoms. The first-order valence-corrected chi connectivity index (χ1v) is 8.01. The zero-order valence-electron chi connectivity index (χ0n) is 14.3. The summed E-state index contributed by atoms with van der Waals surface area (Å²) >= 11 is 0. The minimum Gasteiger partial charge on any atom is -0.455 e. The second-order valence-electron chi connectivity index (χ2n) is 6.24. The van der Waals surface area contributed by atoms with Crippen molar-refractivity contribution in [3.05, 3.63) is 29.8 Å². The van der Waals surface area contributed by atoms with Gasteiger partial charge in [0.15, 0.2) is 6.61 Å². The third-order valence-corrected chi connectivity index (χ3v) is 3.97. The van der Waals surface area contributed by atoms with E-state index in [1.54, 1.807) is 0 Å². The van der Waals surface area contributed by atoms with Crippen LogP contribution in [0.1, 0.15) is 25.8 Å². The minimum atomic E-state index is -4.62. The molecule has 2 rings (SSSR count). The number of alkyl halides is 3. The summed E-state index contributed by atoms with van der Waals surface area (Å²) in [5.74, 6) is -2.47. The van der Waals surface area contributed by atoms with Gasteiger partial charge in [0.1, 0.15) is 0 Å². The Hall–Kier alpha value is -2.58. The van der Waals surface area contributed by atoms with Crippen LogP contribution in [-0.4, -0.2) is 41.9 Å². The lowest BCUT2D eigenvalue weighted by atomic mass is 10.1. The molecule has 0 saturated carbocycles. The lowest BCUT2D eigenvalue weighted by molar-refractivity contribution is -0.151. The molecule has 6 nitrogen and oxygen atoms in total. The lowest BCUT2D eigenvalue weighted by Crippen LogP contribution is -2.33. The average Bonchev–Trinajstić information content (AvgIpc) is 2.94. The van der Waals surface area contributed by atoms with E-state index in [9.17, 15) is 27.6 Å². The van der Waals surface area contributed by atoms with Gasteiger partial charge in [0.25, 0.3) is 5.91 Å². The molecule has 142 valence electrons. The van der Waals surface area contributed by atoms with Crippen molar-refractivity contribution < 1.29 is 32.3 Å². The zero-order chi connectivity index (χ0) is 19.5. The molecule has 0 aliphatic carbocycles. The molecule has 1 N–H and O–H groups in total. The first kappa shape index (κ1) is 19.7. The number of nitrogens with one attached hydrogen (secondary N) is 1. The Kier molecular flexibility index (Phi) is 5.89. The maximum Gasteiger partial charge on any atom is 0.418 e. The van der Waals surface area contributed by atoms with Crippen molar-refractivity contribution in [3.63, 3.8) is 0 Å². The van der Waals surface area contributed by atoms with Crippen molar-refractivity contribution in [1.29, 1.82) is 0 Å². The number of nitrogens with zero attached hydrogens (tertiary/aromatic N) is 1. The number of hydrogen-bond donors (Lipinski definition) is 1. The van der Waals surface area contributed by atoms with Crippen molar-refractivity contribution in [1.82, 2.24) is 4.90 Å². The summed E-state index contributed by atoms with van der Waals surface area (Å²) in [5.41, 5.74) is -1.41. The number of rotatable bonds is 5. The predicted molar refractivity (Wildman–Crippen MR) is 86.0 cm³/mol. The van der Waals surface area contributed by atoms with E-state index in [1.807, 2.05) is 13.8 Å². The fourth-order valence-electron chi connectivity index (χ4n) is 2.67. The smallest absolute Gasteiger partial charge is 0.418 e. The molecule has 1 heterocycles. The molecule has 2 amide bonds. The highest BCUT2D eigenvalue weighted by atomic mass is 19.4. The number of likely N-dealkylation sites (tertiary alicyclic amines) is 1. The number of hydrogen-bond acceptors (Lipinski definition) is 4. The Labute approximate surface area is 148 Å². The molecule has 0 aromatic heterocycles. The quantitative estimate of drug-likeness (QED) is 0.806. The average molecular weight is 372 g/mol. The molecule has 0 bridgehead atoms. The van der Waals surface area contributed by atoms with Crippen molar-refractivity contribution in [2.75, 3.05) is 18.5 Å². The molecule has 9 heteroatoms. The van der Waals surface area contributed by atoms with E-state index in [4.69, 9.17) is 4.74 Å². The van der Waals surface area contributed by atoms with E-state index >= 15 is 0 Å². The SMILES string of the molecule is CC(C)N1CC(C(=O)OCC(=O)Nc2ccccc2C(F)(F)F)CC1=O. The van der Waals surface area contributed by atoms with Gasteiger partial charge < -0.3 is 15.0 Å². The molecular formula is C17H19F3N2O4. The van der Waals surface area contributed by atoms with Crippen LogP contribution < -0.4 is 5.32 Å². The normalized spacial score (nSPS) is 17.5. The maximum atomic E-state index is 12.9. The highest BCUT2D eigenvalue weighted by Crippen LogP contribution is 2.34. The van der Waals surface area contributed by atoms with Crippen LogP contribution in [0.5, 0.6) is 0 Å². The Balaban J connectivity index is 1.90. The highest BCUT2D eigenvalue weighted by Gasteiger charge is 2.37. The number of ether oxygens (including phenoxy) is 1. The van der Waals surface area contributed by atoms with E-state index < -0.39 is 41.8 Å². The summed E-state index contributed by atoms with van der Waals surface area (Å²) in [6.45, 7) is 3.11. The standard InChI is InChI=1S/C17H19F3N2O4/c1-10(2)22-8-11(7-15(22)24)16(25)26-9-14(23)21-13-6-4-3-5-12(13)17(18,19)20/h3-6,10-11H,7-9H2,1-2H3,(H,21,23). The third kappa shape index (κ3) is 4.74. The van der Waals surface area contributed by atoms with E-state index in [0.29, 0.717) is 0 Å². The summed E-state index contributed by atoms with van der Waals surface area (Å²) in [5, 5.41) is 2.09. The number of anilines is 1. The molecule has 1 saturated heterocycles. The van der Waals surface area contributed by atoms with Crippen LogP contribution in [0.3, 0.4) is 0 Å². The molecule has 1 aliphatic rings.